The molecule has 5 heteroatoms. The largest absolute Gasteiger partial charge is 0.344 e. The number of aldehydes is 1. The van der Waals surface area contributed by atoms with Gasteiger partial charge in [0.15, 0.2) is 0 Å². The van der Waals surface area contributed by atoms with Crippen molar-refractivity contribution >= 4 is 23.3 Å². The molecule has 0 bridgehead atoms. The first-order valence-corrected chi connectivity index (χ1v) is 7.02. The minimum absolute atomic E-state index is 0.0475. The van der Waals surface area contributed by atoms with Gasteiger partial charge in [0.2, 0.25) is 0 Å². The van der Waals surface area contributed by atoms with Crippen LogP contribution in [-0.4, -0.2) is 15.8 Å². The van der Waals surface area contributed by atoms with Crippen LogP contribution in [0.25, 0.3) is 17.0 Å². The maximum atomic E-state index is 11.1. The highest BCUT2D eigenvalue weighted by molar-refractivity contribution is 5.92. The SMILES string of the molecule is Cc1ccc2c(c1)c(C=C(CC=O)[N+](=O)[O-])c1n2CCC1. The van der Waals surface area contributed by atoms with Gasteiger partial charge in [-0.05, 0) is 31.9 Å². The van der Waals surface area contributed by atoms with Crippen LogP contribution in [0.2, 0.25) is 0 Å². The number of fused-ring (bicyclic) bond motifs is 3. The van der Waals surface area contributed by atoms with E-state index in [0.717, 1.165) is 47.1 Å². The van der Waals surface area contributed by atoms with Gasteiger partial charge in [-0.3, -0.25) is 10.1 Å². The lowest BCUT2D eigenvalue weighted by Crippen LogP contribution is -1.99. The van der Waals surface area contributed by atoms with Gasteiger partial charge in [0.05, 0.1) is 11.3 Å². The Bertz CT molecular complexity index is 771. The van der Waals surface area contributed by atoms with E-state index >= 15 is 0 Å². The van der Waals surface area contributed by atoms with E-state index in [0.29, 0.717) is 6.29 Å². The Morgan fingerprint density at radius 1 is 1.48 bits per heavy atom. The Morgan fingerprint density at radius 3 is 3.00 bits per heavy atom. The average Bonchev–Trinajstić information content (AvgIpc) is 3.00. The zero-order valence-corrected chi connectivity index (χ0v) is 11.8. The van der Waals surface area contributed by atoms with Crippen molar-refractivity contribution in [3.63, 3.8) is 0 Å². The summed E-state index contributed by atoms with van der Waals surface area (Å²) in [5.74, 6) is 0. The van der Waals surface area contributed by atoms with Gasteiger partial charge in [0.25, 0.3) is 5.70 Å². The predicted molar refractivity (Wildman–Crippen MR) is 80.6 cm³/mol. The Morgan fingerprint density at radius 2 is 2.29 bits per heavy atom. The van der Waals surface area contributed by atoms with Crippen molar-refractivity contribution in [2.45, 2.75) is 32.7 Å². The molecular weight excluding hydrogens is 268 g/mol. The van der Waals surface area contributed by atoms with Gasteiger partial charge in [0.1, 0.15) is 6.29 Å². The molecule has 0 amide bonds. The van der Waals surface area contributed by atoms with Crippen LogP contribution in [0.15, 0.2) is 23.9 Å². The number of aromatic nitrogens is 1. The number of nitrogens with zero attached hydrogens (tertiary/aromatic N) is 2. The fourth-order valence-corrected chi connectivity index (χ4v) is 3.08. The zero-order chi connectivity index (χ0) is 15.0. The predicted octanol–water partition coefficient (Wildman–Crippen LogP) is 3.10. The fraction of sp³-hybridized carbons (Fsp3) is 0.312. The van der Waals surface area contributed by atoms with Crippen LogP contribution < -0.4 is 0 Å². The van der Waals surface area contributed by atoms with Gasteiger partial charge in [0, 0.05) is 34.8 Å². The molecule has 5 nitrogen and oxygen atoms in total. The maximum absolute atomic E-state index is 11.1. The molecule has 1 aliphatic rings. The summed E-state index contributed by atoms with van der Waals surface area (Å²) in [7, 11) is 0. The topological polar surface area (TPSA) is 65.1 Å². The lowest BCUT2D eigenvalue weighted by molar-refractivity contribution is -0.424. The minimum Gasteiger partial charge on any atom is -0.344 e. The van der Waals surface area contributed by atoms with Crippen LogP contribution in [0.3, 0.4) is 0 Å². The van der Waals surface area contributed by atoms with Crippen LogP contribution >= 0.6 is 0 Å². The first-order valence-electron chi connectivity index (χ1n) is 7.02. The highest BCUT2D eigenvalue weighted by atomic mass is 16.6. The van der Waals surface area contributed by atoms with Gasteiger partial charge in [-0.15, -0.1) is 0 Å². The van der Waals surface area contributed by atoms with Gasteiger partial charge in [-0.25, -0.2) is 0 Å². The third-order valence-corrected chi connectivity index (χ3v) is 4.00. The fourth-order valence-electron chi connectivity index (χ4n) is 3.08. The maximum Gasteiger partial charge on any atom is 0.253 e. The van der Waals surface area contributed by atoms with Crippen LogP contribution in [0, 0.1) is 17.0 Å². The number of hydrogen-bond donors (Lipinski definition) is 0. The summed E-state index contributed by atoms with van der Waals surface area (Å²) in [6.07, 6.45) is 3.98. The summed E-state index contributed by atoms with van der Waals surface area (Å²) in [6, 6.07) is 6.19. The lowest BCUT2D eigenvalue weighted by atomic mass is 10.0. The summed E-state index contributed by atoms with van der Waals surface area (Å²) < 4.78 is 2.24. The molecule has 2 aromatic rings. The average molecular weight is 284 g/mol. The summed E-state index contributed by atoms with van der Waals surface area (Å²) in [4.78, 5) is 21.3. The molecule has 21 heavy (non-hydrogen) atoms. The third kappa shape index (κ3) is 2.24. The molecule has 2 heterocycles. The molecule has 0 saturated heterocycles. The smallest absolute Gasteiger partial charge is 0.253 e. The number of hydrogen-bond acceptors (Lipinski definition) is 3. The monoisotopic (exact) mass is 284 g/mol. The number of rotatable bonds is 4. The lowest BCUT2D eigenvalue weighted by Gasteiger charge is -2.00. The molecule has 1 aliphatic heterocycles. The minimum atomic E-state index is -0.463. The van der Waals surface area contributed by atoms with Crippen molar-refractivity contribution in [3.05, 3.63) is 50.8 Å². The van der Waals surface area contributed by atoms with Crippen LogP contribution in [-0.2, 0) is 17.8 Å². The molecule has 0 spiro atoms. The highest BCUT2D eigenvalue weighted by Crippen LogP contribution is 2.33. The third-order valence-electron chi connectivity index (χ3n) is 4.00. The number of aryl methyl sites for hydroxylation is 2. The molecule has 1 aromatic carbocycles. The molecule has 0 N–H and O–H groups in total. The molecule has 108 valence electrons. The molecule has 0 unspecified atom stereocenters. The molecule has 0 radical (unpaired) electrons. The van der Waals surface area contributed by atoms with E-state index < -0.39 is 4.92 Å². The van der Waals surface area contributed by atoms with Gasteiger partial charge in [-0.1, -0.05) is 11.6 Å². The Kier molecular flexibility index (Phi) is 3.33. The summed E-state index contributed by atoms with van der Waals surface area (Å²) >= 11 is 0. The molecule has 3 rings (SSSR count). The zero-order valence-electron chi connectivity index (χ0n) is 11.8. The van der Waals surface area contributed by atoms with Crippen molar-refractivity contribution in [1.82, 2.24) is 4.57 Å². The first-order chi connectivity index (χ1) is 10.1. The normalized spacial score (nSPS) is 14.4. The van der Waals surface area contributed by atoms with E-state index in [-0.39, 0.29) is 12.1 Å². The van der Waals surface area contributed by atoms with Gasteiger partial charge < -0.3 is 9.36 Å². The molecule has 0 aliphatic carbocycles. The molecule has 0 saturated carbocycles. The number of nitro groups is 1. The first kappa shape index (κ1) is 13.5. The Balaban J connectivity index is 2.26. The number of allylic oxidation sites excluding steroid dienone is 1. The number of carbonyl (C=O) groups is 1. The van der Waals surface area contributed by atoms with E-state index in [4.69, 9.17) is 0 Å². The van der Waals surface area contributed by atoms with Crippen molar-refractivity contribution in [3.8, 4) is 0 Å². The second kappa shape index (κ2) is 5.16. The Labute approximate surface area is 122 Å². The molecule has 1 aromatic heterocycles. The van der Waals surface area contributed by atoms with Crippen molar-refractivity contribution in [2.75, 3.05) is 0 Å². The second-order valence-electron chi connectivity index (χ2n) is 5.40. The van der Waals surface area contributed by atoms with Crippen LogP contribution in [0.4, 0.5) is 0 Å². The number of carbonyl (C=O) groups excluding carboxylic acids is 1. The van der Waals surface area contributed by atoms with E-state index in [9.17, 15) is 14.9 Å². The summed E-state index contributed by atoms with van der Waals surface area (Å²) in [6.45, 7) is 2.96. The Hall–Kier alpha value is -2.43. The standard InChI is InChI=1S/C16H16N2O3/c1-11-4-5-16-13(9-11)14(15-3-2-7-17(15)16)10-12(6-8-19)18(20)21/h4-5,8-10H,2-3,6-7H2,1H3. The van der Waals surface area contributed by atoms with E-state index in [1.54, 1.807) is 6.08 Å². The van der Waals surface area contributed by atoms with Gasteiger partial charge in [-0.2, -0.15) is 0 Å². The van der Waals surface area contributed by atoms with E-state index in [1.165, 1.54) is 0 Å². The van der Waals surface area contributed by atoms with Crippen LogP contribution in [0.1, 0.15) is 29.7 Å². The van der Waals surface area contributed by atoms with E-state index in [1.807, 2.05) is 6.92 Å². The van der Waals surface area contributed by atoms with Gasteiger partial charge >= 0.3 is 0 Å². The number of benzene rings is 1. The van der Waals surface area contributed by atoms with Crippen LogP contribution in [0.5, 0.6) is 0 Å². The second-order valence-corrected chi connectivity index (χ2v) is 5.40. The van der Waals surface area contributed by atoms with Crippen molar-refractivity contribution in [2.24, 2.45) is 0 Å². The summed E-state index contributed by atoms with van der Waals surface area (Å²) in [5, 5.41) is 12.1. The molecule has 0 atom stereocenters. The summed E-state index contributed by atoms with van der Waals surface area (Å²) in [5.41, 5.74) is 4.24. The highest BCUT2D eigenvalue weighted by Gasteiger charge is 2.22. The molecule has 0 fully saturated rings. The quantitative estimate of drug-likeness (QED) is 0.492. The van der Waals surface area contributed by atoms with Crippen molar-refractivity contribution < 1.29 is 9.72 Å². The van der Waals surface area contributed by atoms with E-state index in [2.05, 4.69) is 22.8 Å². The van der Waals surface area contributed by atoms with Crippen molar-refractivity contribution in [1.29, 1.82) is 0 Å². The molecular formula is C16H16N2O3.